The number of fused-ring (bicyclic) bond motifs is 1. The standard InChI is InChI=1S/C16H20N2S/c17-11-12-6-5-7-13(10-12)16-18-14-8-3-1-2-4-9-15(14)19-16/h5-7,10H,1-4,8-9,11,17H2. The van der Waals surface area contributed by atoms with Gasteiger partial charge in [-0.2, -0.15) is 0 Å². The van der Waals surface area contributed by atoms with E-state index < -0.39 is 0 Å². The summed E-state index contributed by atoms with van der Waals surface area (Å²) in [7, 11) is 0. The van der Waals surface area contributed by atoms with E-state index in [2.05, 4.69) is 24.3 Å². The lowest BCUT2D eigenvalue weighted by atomic mass is 10.0. The molecule has 2 aromatic rings. The molecule has 2 N–H and O–H groups in total. The van der Waals surface area contributed by atoms with Gasteiger partial charge in [-0.15, -0.1) is 11.3 Å². The maximum Gasteiger partial charge on any atom is 0.123 e. The summed E-state index contributed by atoms with van der Waals surface area (Å²) in [6.07, 6.45) is 7.70. The van der Waals surface area contributed by atoms with Gasteiger partial charge in [0.25, 0.3) is 0 Å². The second-order valence-corrected chi connectivity index (χ2v) is 6.29. The van der Waals surface area contributed by atoms with Gasteiger partial charge in [0.05, 0.1) is 5.69 Å². The molecule has 0 aliphatic heterocycles. The second kappa shape index (κ2) is 5.85. The molecule has 19 heavy (non-hydrogen) atoms. The van der Waals surface area contributed by atoms with Gasteiger partial charge in [0.1, 0.15) is 5.01 Å². The first-order chi connectivity index (χ1) is 9.36. The van der Waals surface area contributed by atoms with Crippen molar-refractivity contribution in [3.63, 3.8) is 0 Å². The Labute approximate surface area is 118 Å². The van der Waals surface area contributed by atoms with Crippen molar-refractivity contribution < 1.29 is 0 Å². The van der Waals surface area contributed by atoms with Gasteiger partial charge in [-0.3, -0.25) is 0 Å². The lowest BCUT2D eigenvalue weighted by Gasteiger charge is -2.06. The van der Waals surface area contributed by atoms with Gasteiger partial charge in [0, 0.05) is 17.0 Å². The fourth-order valence-electron chi connectivity index (χ4n) is 2.66. The zero-order valence-electron chi connectivity index (χ0n) is 11.2. The normalized spacial score (nSPS) is 15.6. The molecular formula is C16H20N2S. The van der Waals surface area contributed by atoms with Gasteiger partial charge >= 0.3 is 0 Å². The van der Waals surface area contributed by atoms with Gasteiger partial charge in [-0.05, 0) is 37.3 Å². The molecule has 0 unspecified atom stereocenters. The number of nitrogens with zero attached hydrogens (tertiary/aromatic N) is 1. The van der Waals surface area contributed by atoms with Crippen LogP contribution in [0.25, 0.3) is 10.6 Å². The summed E-state index contributed by atoms with van der Waals surface area (Å²) < 4.78 is 0. The third-order valence-electron chi connectivity index (χ3n) is 3.76. The average molecular weight is 272 g/mol. The van der Waals surface area contributed by atoms with Crippen LogP contribution in [0.3, 0.4) is 0 Å². The molecule has 0 fully saturated rings. The molecule has 0 spiro atoms. The molecule has 1 aromatic carbocycles. The monoisotopic (exact) mass is 272 g/mol. The largest absolute Gasteiger partial charge is 0.326 e. The molecule has 1 heterocycles. The molecule has 3 rings (SSSR count). The Kier molecular flexibility index (Phi) is 3.95. The average Bonchev–Trinajstić information content (AvgIpc) is 2.81. The van der Waals surface area contributed by atoms with E-state index in [1.54, 1.807) is 0 Å². The van der Waals surface area contributed by atoms with Gasteiger partial charge in [0.2, 0.25) is 0 Å². The summed E-state index contributed by atoms with van der Waals surface area (Å²) in [6, 6.07) is 8.47. The number of aromatic nitrogens is 1. The van der Waals surface area contributed by atoms with E-state index in [1.165, 1.54) is 58.8 Å². The van der Waals surface area contributed by atoms with Crippen LogP contribution in [0.5, 0.6) is 0 Å². The van der Waals surface area contributed by atoms with E-state index in [1.807, 2.05) is 11.3 Å². The number of hydrogen-bond acceptors (Lipinski definition) is 3. The van der Waals surface area contributed by atoms with E-state index in [4.69, 9.17) is 10.7 Å². The third kappa shape index (κ3) is 2.88. The molecule has 0 amide bonds. The minimum absolute atomic E-state index is 0.596. The van der Waals surface area contributed by atoms with E-state index in [0.29, 0.717) is 6.54 Å². The Balaban J connectivity index is 1.94. The number of nitrogens with two attached hydrogens (primary N) is 1. The molecule has 0 atom stereocenters. The van der Waals surface area contributed by atoms with Crippen molar-refractivity contribution in [2.45, 2.75) is 45.1 Å². The highest BCUT2D eigenvalue weighted by Crippen LogP contribution is 2.31. The summed E-state index contributed by atoms with van der Waals surface area (Å²) in [5, 5.41) is 1.17. The van der Waals surface area contributed by atoms with Gasteiger partial charge in [-0.1, -0.05) is 31.0 Å². The SMILES string of the molecule is NCc1cccc(-c2nc3c(s2)CCCCCC3)c1. The van der Waals surface area contributed by atoms with Crippen LogP contribution in [0.1, 0.15) is 41.8 Å². The Hall–Kier alpha value is -1.19. The summed E-state index contributed by atoms with van der Waals surface area (Å²) in [6.45, 7) is 0.596. The topological polar surface area (TPSA) is 38.9 Å². The van der Waals surface area contributed by atoms with Crippen LogP contribution in [-0.2, 0) is 19.4 Å². The highest BCUT2D eigenvalue weighted by atomic mass is 32.1. The number of rotatable bonds is 2. The van der Waals surface area contributed by atoms with Crippen molar-refractivity contribution in [2.75, 3.05) is 0 Å². The van der Waals surface area contributed by atoms with Crippen LogP contribution < -0.4 is 5.73 Å². The maximum absolute atomic E-state index is 5.72. The third-order valence-corrected chi connectivity index (χ3v) is 4.96. The highest BCUT2D eigenvalue weighted by molar-refractivity contribution is 7.15. The first-order valence-electron chi connectivity index (χ1n) is 7.15. The number of hydrogen-bond donors (Lipinski definition) is 1. The van der Waals surface area contributed by atoms with Crippen LogP contribution in [0, 0.1) is 0 Å². The summed E-state index contributed by atoms with van der Waals surface area (Å²) >= 11 is 1.88. The minimum Gasteiger partial charge on any atom is -0.326 e. The smallest absolute Gasteiger partial charge is 0.123 e. The summed E-state index contributed by atoms with van der Waals surface area (Å²) in [5.41, 5.74) is 9.47. The predicted octanol–water partition coefficient (Wildman–Crippen LogP) is 3.93. The number of aryl methyl sites for hydroxylation is 2. The predicted molar refractivity (Wildman–Crippen MR) is 81.3 cm³/mol. The van der Waals surface area contributed by atoms with Crippen LogP contribution in [-0.4, -0.2) is 4.98 Å². The number of thiazole rings is 1. The fourth-order valence-corrected chi connectivity index (χ4v) is 3.81. The molecule has 1 aliphatic carbocycles. The van der Waals surface area contributed by atoms with Crippen molar-refractivity contribution in [2.24, 2.45) is 5.73 Å². The first-order valence-corrected chi connectivity index (χ1v) is 7.96. The van der Waals surface area contributed by atoms with Crippen molar-refractivity contribution in [1.29, 1.82) is 0 Å². The highest BCUT2D eigenvalue weighted by Gasteiger charge is 2.14. The van der Waals surface area contributed by atoms with Gasteiger partial charge < -0.3 is 5.73 Å². The van der Waals surface area contributed by atoms with Crippen molar-refractivity contribution in [3.8, 4) is 10.6 Å². The van der Waals surface area contributed by atoms with Crippen molar-refractivity contribution in [1.82, 2.24) is 4.98 Å². The fraction of sp³-hybridized carbons (Fsp3) is 0.438. The quantitative estimate of drug-likeness (QED) is 0.899. The Morgan fingerprint density at radius 1 is 1.11 bits per heavy atom. The molecule has 3 heteroatoms. The molecular weight excluding hydrogens is 252 g/mol. The molecule has 100 valence electrons. The molecule has 1 aliphatic rings. The van der Waals surface area contributed by atoms with E-state index >= 15 is 0 Å². The first kappa shape index (κ1) is 12.8. The zero-order valence-corrected chi connectivity index (χ0v) is 12.0. The summed E-state index contributed by atoms with van der Waals surface area (Å²) in [4.78, 5) is 6.38. The molecule has 2 nitrogen and oxygen atoms in total. The second-order valence-electron chi connectivity index (χ2n) is 5.21. The molecule has 0 saturated heterocycles. The van der Waals surface area contributed by atoms with Crippen molar-refractivity contribution in [3.05, 3.63) is 40.4 Å². The van der Waals surface area contributed by atoms with Gasteiger partial charge in [0.15, 0.2) is 0 Å². The zero-order chi connectivity index (χ0) is 13.1. The molecule has 0 bridgehead atoms. The van der Waals surface area contributed by atoms with Crippen molar-refractivity contribution >= 4 is 11.3 Å². The maximum atomic E-state index is 5.72. The Morgan fingerprint density at radius 2 is 1.95 bits per heavy atom. The minimum atomic E-state index is 0.596. The Bertz CT molecular complexity index is 534. The molecule has 0 saturated carbocycles. The van der Waals surface area contributed by atoms with E-state index in [-0.39, 0.29) is 0 Å². The van der Waals surface area contributed by atoms with Crippen LogP contribution in [0.4, 0.5) is 0 Å². The van der Waals surface area contributed by atoms with E-state index in [0.717, 1.165) is 6.42 Å². The lowest BCUT2D eigenvalue weighted by Crippen LogP contribution is -1.97. The molecule has 0 radical (unpaired) electrons. The van der Waals surface area contributed by atoms with E-state index in [9.17, 15) is 0 Å². The summed E-state index contributed by atoms with van der Waals surface area (Å²) in [5.74, 6) is 0. The van der Waals surface area contributed by atoms with Crippen LogP contribution in [0.15, 0.2) is 24.3 Å². The number of benzene rings is 1. The van der Waals surface area contributed by atoms with Crippen LogP contribution >= 0.6 is 11.3 Å². The van der Waals surface area contributed by atoms with Crippen LogP contribution in [0.2, 0.25) is 0 Å². The van der Waals surface area contributed by atoms with Gasteiger partial charge in [-0.25, -0.2) is 4.98 Å². The Morgan fingerprint density at radius 3 is 2.79 bits per heavy atom. The lowest BCUT2D eigenvalue weighted by molar-refractivity contribution is 0.616. The molecule has 1 aromatic heterocycles.